The van der Waals surface area contributed by atoms with Crippen molar-refractivity contribution in [3.05, 3.63) is 59.7 Å². The first-order valence-electron chi connectivity index (χ1n) is 8.13. The average molecular weight is 327 g/mol. The van der Waals surface area contributed by atoms with E-state index in [1.165, 1.54) is 11.1 Å². The quantitative estimate of drug-likeness (QED) is 0.697. The van der Waals surface area contributed by atoms with Gasteiger partial charge in [0.1, 0.15) is 0 Å². The summed E-state index contributed by atoms with van der Waals surface area (Å²) in [6.07, 6.45) is 0.800. The lowest BCUT2D eigenvalue weighted by molar-refractivity contribution is -0.115. The topological polar surface area (TPSA) is 29.1 Å². The lowest BCUT2D eigenvalue weighted by Crippen LogP contribution is -2.24. The minimum atomic E-state index is -0.0810. The zero-order valence-electron chi connectivity index (χ0n) is 14.3. The van der Waals surface area contributed by atoms with Crippen molar-refractivity contribution in [2.45, 2.75) is 50.2 Å². The number of hydrogen-bond acceptors (Lipinski definition) is 2. The number of aryl methyl sites for hydroxylation is 1. The Balaban J connectivity index is 2.00. The normalized spacial score (nSPS) is 12.2. The van der Waals surface area contributed by atoms with E-state index >= 15 is 0 Å². The molecule has 1 unspecified atom stereocenters. The van der Waals surface area contributed by atoms with E-state index in [1.807, 2.05) is 19.1 Å². The first kappa shape index (κ1) is 17.6. The molecule has 2 aromatic carbocycles. The van der Waals surface area contributed by atoms with Gasteiger partial charge >= 0.3 is 0 Å². The third-order valence-electron chi connectivity index (χ3n) is 3.81. The molecule has 0 aliphatic heterocycles. The maximum Gasteiger partial charge on any atom is 0.237 e. The predicted molar refractivity (Wildman–Crippen MR) is 100 cm³/mol. The number of anilines is 1. The molecule has 0 aliphatic rings. The van der Waals surface area contributed by atoms with Gasteiger partial charge in [0.05, 0.1) is 5.25 Å². The summed E-state index contributed by atoms with van der Waals surface area (Å²) in [5.41, 5.74) is 3.38. The van der Waals surface area contributed by atoms with Crippen LogP contribution < -0.4 is 5.32 Å². The Morgan fingerprint density at radius 3 is 2.17 bits per heavy atom. The van der Waals surface area contributed by atoms with Crippen LogP contribution in [-0.2, 0) is 4.79 Å². The van der Waals surface area contributed by atoms with Crippen molar-refractivity contribution in [1.29, 1.82) is 0 Å². The predicted octanol–water partition coefficient (Wildman–Crippen LogP) is 5.63. The number of amides is 1. The first-order chi connectivity index (χ1) is 11.0. The van der Waals surface area contributed by atoms with Crippen LogP contribution in [0.3, 0.4) is 0 Å². The molecular weight excluding hydrogens is 302 g/mol. The van der Waals surface area contributed by atoms with Gasteiger partial charge in [-0.1, -0.05) is 50.6 Å². The third-order valence-corrected chi connectivity index (χ3v) is 5.18. The molecule has 23 heavy (non-hydrogen) atoms. The molecule has 0 heterocycles. The molecule has 122 valence electrons. The molecule has 0 bridgehead atoms. The van der Waals surface area contributed by atoms with E-state index in [9.17, 15) is 4.79 Å². The van der Waals surface area contributed by atoms with Crippen molar-refractivity contribution in [3.8, 4) is 0 Å². The Hall–Kier alpha value is -1.74. The zero-order chi connectivity index (χ0) is 16.8. The molecule has 0 radical (unpaired) electrons. The van der Waals surface area contributed by atoms with Gasteiger partial charge in [-0.3, -0.25) is 4.79 Å². The maximum atomic E-state index is 12.5. The molecule has 3 heteroatoms. The number of carbonyl (C=O) groups excluding carboxylic acids is 1. The van der Waals surface area contributed by atoms with E-state index < -0.39 is 0 Å². The highest BCUT2D eigenvalue weighted by molar-refractivity contribution is 8.00. The van der Waals surface area contributed by atoms with Crippen LogP contribution in [0.5, 0.6) is 0 Å². The molecule has 2 aromatic rings. The summed E-state index contributed by atoms with van der Waals surface area (Å²) in [6, 6.07) is 16.4. The first-order valence-corrected chi connectivity index (χ1v) is 9.01. The number of rotatable bonds is 6. The van der Waals surface area contributed by atoms with E-state index in [2.05, 4.69) is 62.5 Å². The van der Waals surface area contributed by atoms with Gasteiger partial charge in [-0.25, -0.2) is 0 Å². The van der Waals surface area contributed by atoms with E-state index in [0.717, 1.165) is 17.0 Å². The van der Waals surface area contributed by atoms with Crippen molar-refractivity contribution in [2.75, 3.05) is 5.32 Å². The fourth-order valence-electron chi connectivity index (χ4n) is 2.28. The molecule has 0 saturated heterocycles. The second-order valence-corrected chi connectivity index (χ2v) is 7.37. The van der Waals surface area contributed by atoms with Crippen molar-refractivity contribution in [1.82, 2.24) is 0 Å². The summed E-state index contributed by atoms with van der Waals surface area (Å²) in [6.45, 7) is 8.45. The molecule has 2 nitrogen and oxygen atoms in total. The summed E-state index contributed by atoms with van der Waals surface area (Å²) in [7, 11) is 0. The molecule has 0 saturated carbocycles. The van der Waals surface area contributed by atoms with Crippen LogP contribution >= 0.6 is 11.8 Å². The Kier molecular flexibility index (Phi) is 6.28. The van der Waals surface area contributed by atoms with E-state index in [4.69, 9.17) is 0 Å². The van der Waals surface area contributed by atoms with Gasteiger partial charge in [0, 0.05) is 10.6 Å². The second-order valence-electron chi connectivity index (χ2n) is 6.09. The molecule has 1 amide bonds. The Morgan fingerprint density at radius 1 is 1.04 bits per heavy atom. The molecule has 0 fully saturated rings. The summed E-state index contributed by atoms with van der Waals surface area (Å²) in [5, 5.41) is 2.95. The summed E-state index contributed by atoms with van der Waals surface area (Å²) < 4.78 is 0. The van der Waals surface area contributed by atoms with Crippen molar-refractivity contribution in [2.24, 2.45) is 0 Å². The van der Waals surface area contributed by atoms with Crippen LogP contribution in [0.15, 0.2) is 53.4 Å². The van der Waals surface area contributed by atoms with Crippen LogP contribution in [-0.4, -0.2) is 11.2 Å². The molecule has 0 spiro atoms. The van der Waals surface area contributed by atoms with Gasteiger partial charge in [-0.15, -0.1) is 11.8 Å². The molecule has 0 aromatic heterocycles. The fraction of sp³-hybridized carbons (Fsp3) is 0.350. The number of hydrogen-bond donors (Lipinski definition) is 1. The van der Waals surface area contributed by atoms with Crippen LogP contribution in [0.4, 0.5) is 5.69 Å². The minimum Gasteiger partial charge on any atom is -0.325 e. The fourth-order valence-corrected chi connectivity index (χ4v) is 3.23. The highest BCUT2D eigenvalue weighted by Gasteiger charge is 2.18. The van der Waals surface area contributed by atoms with Crippen LogP contribution in [0, 0.1) is 6.92 Å². The molecule has 1 atom stereocenters. The minimum absolute atomic E-state index is 0.0652. The lowest BCUT2D eigenvalue weighted by Gasteiger charge is -2.15. The second kappa shape index (κ2) is 8.21. The van der Waals surface area contributed by atoms with Crippen molar-refractivity contribution in [3.63, 3.8) is 0 Å². The summed E-state index contributed by atoms with van der Waals surface area (Å²) >= 11 is 1.62. The van der Waals surface area contributed by atoms with Crippen LogP contribution in [0.25, 0.3) is 0 Å². The van der Waals surface area contributed by atoms with Crippen LogP contribution in [0.2, 0.25) is 0 Å². The Morgan fingerprint density at radius 2 is 1.65 bits per heavy atom. The summed E-state index contributed by atoms with van der Waals surface area (Å²) in [4.78, 5) is 13.6. The van der Waals surface area contributed by atoms with Gasteiger partial charge in [0.25, 0.3) is 0 Å². The molecule has 1 N–H and O–H groups in total. The van der Waals surface area contributed by atoms with Crippen molar-refractivity contribution >= 4 is 23.4 Å². The number of nitrogens with one attached hydrogen (secondary N) is 1. The molecular formula is C20H25NOS. The highest BCUT2D eigenvalue weighted by Crippen LogP contribution is 2.27. The van der Waals surface area contributed by atoms with E-state index in [0.29, 0.717) is 5.92 Å². The van der Waals surface area contributed by atoms with Gasteiger partial charge < -0.3 is 5.32 Å². The van der Waals surface area contributed by atoms with Crippen LogP contribution in [0.1, 0.15) is 44.2 Å². The number of thioether (sulfide) groups is 1. The van der Waals surface area contributed by atoms with Gasteiger partial charge in [-0.05, 0) is 49.1 Å². The maximum absolute atomic E-state index is 12.5. The van der Waals surface area contributed by atoms with Gasteiger partial charge in [0.15, 0.2) is 0 Å². The third kappa shape index (κ3) is 5.14. The molecule has 2 rings (SSSR count). The Bertz CT molecular complexity index is 632. The highest BCUT2D eigenvalue weighted by atomic mass is 32.2. The monoisotopic (exact) mass is 327 g/mol. The summed E-state index contributed by atoms with van der Waals surface area (Å²) in [5.74, 6) is 0.565. The Labute approximate surface area is 143 Å². The SMILES string of the molecule is CCC(Sc1ccc(C)cc1)C(=O)Nc1ccc(C(C)C)cc1. The van der Waals surface area contributed by atoms with Crippen molar-refractivity contribution < 1.29 is 4.79 Å². The lowest BCUT2D eigenvalue weighted by atomic mass is 10.0. The van der Waals surface area contributed by atoms with E-state index in [-0.39, 0.29) is 11.2 Å². The van der Waals surface area contributed by atoms with Gasteiger partial charge in [0.2, 0.25) is 5.91 Å². The zero-order valence-corrected chi connectivity index (χ0v) is 15.1. The average Bonchev–Trinajstić information content (AvgIpc) is 2.54. The number of benzene rings is 2. The van der Waals surface area contributed by atoms with Gasteiger partial charge in [-0.2, -0.15) is 0 Å². The largest absolute Gasteiger partial charge is 0.325 e. The molecule has 0 aliphatic carbocycles. The standard InChI is InChI=1S/C20H25NOS/c1-5-19(23-18-12-6-15(4)7-13-18)20(22)21-17-10-8-16(9-11-17)14(2)3/h6-14,19H,5H2,1-4H3,(H,21,22). The number of carbonyl (C=O) groups is 1. The smallest absolute Gasteiger partial charge is 0.237 e. The van der Waals surface area contributed by atoms with E-state index in [1.54, 1.807) is 11.8 Å².